The standard InChI is InChI=1S/C21H23F2NO2/c1-21(2)13-19(11-12-26-21)24(14-15-3-7-17(22)8-4-15)20(25)16-5-9-18(23)10-6-16/h3-10,19H,11-14H2,1-2H3/t19-/m0/s1. The molecule has 0 unspecified atom stereocenters. The van der Waals surface area contributed by atoms with Crippen LogP contribution in [0.25, 0.3) is 0 Å². The maximum atomic E-state index is 13.2. The molecule has 0 saturated carbocycles. The van der Waals surface area contributed by atoms with Crippen LogP contribution in [0.15, 0.2) is 48.5 Å². The molecule has 0 N–H and O–H groups in total. The highest BCUT2D eigenvalue weighted by molar-refractivity contribution is 5.94. The van der Waals surface area contributed by atoms with E-state index in [1.54, 1.807) is 17.0 Å². The summed E-state index contributed by atoms with van der Waals surface area (Å²) in [6, 6.07) is 11.7. The van der Waals surface area contributed by atoms with Gasteiger partial charge in [-0.05, 0) is 68.7 Å². The molecule has 1 saturated heterocycles. The second-order valence-corrected chi connectivity index (χ2v) is 7.32. The van der Waals surface area contributed by atoms with Gasteiger partial charge in [-0.15, -0.1) is 0 Å². The molecule has 1 aliphatic rings. The number of hydrogen-bond donors (Lipinski definition) is 0. The lowest BCUT2D eigenvalue weighted by Crippen LogP contribution is -2.48. The fraction of sp³-hybridized carbons (Fsp3) is 0.381. The molecule has 2 aromatic carbocycles. The summed E-state index contributed by atoms with van der Waals surface area (Å²) in [5.41, 5.74) is 0.983. The van der Waals surface area contributed by atoms with Crippen molar-refractivity contribution in [2.45, 2.75) is 44.9 Å². The Balaban J connectivity index is 1.88. The van der Waals surface area contributed by atoms with E-state index in [2.05, 4.69) is 0 Å². The van der Waals surface area contributed by atoms with E-state index in [1.807, 2.05) is 13.8 Å². The van der Waals surface area contributed by atoms with Gasteiger partial charge < -0.3 is 9.64 Å². The zero-order valence-electron chi connectivity index (χ0n) is 15.0. The van der Waals surface area contributed by atoms with Gasteiger partial charge in [0.1, 0.15) is 11.6 Å². The third-order valence-corrected chi connectivity index (χ3v) is 4.73. The molecule has 138 valence electrons. The zero-order chi connectivity index (χ0) is 18.7. The highest BCUT2D eigenvalue weighted by Gasteiger charge is 2.34. The molecule has 1 fully saturated rings. The van der Waals surface area contributed by atoms with Gasteiger partial charge in [-0.2, -0.15) is 0 Å². The Kier molecular flexibility index (Phi) is 5.37. The molecule has 0 aromatic heterocycles. The molecule has 0 bridgehead atoms. The van der Waals surface area contributed by atoms with Gasteiger partial charge in [0.2, 0.25) is 0 Å². The number of carbonyl (C=O) groups excluding carboxylic acids is 1. The van der Waals surface area contributed by atoms with Gasteiger partial charge in [-0.3, -0.25) is 4.79 Å². The van der Waals surface area contributed by atoms with Crippen LogP contribution in [0.4, 0.5) is 8.78 Å². The molecule has 1 amide bonds. The summed E-state index contributed by atoms with van der Waals surface area (Å²) in [7, 11) is 0. The van der Waals surface area contributed by atoms with E-state index < -0.39 is 0 Å². The van der Waals surface area contributed by atoms with Crippen LogP contribution >= 0.6 is 0 Å². The van der Waals surface area contributed by atoms with Crippen molar-refractivity contribution in [3.8, 4) is 0 Å². The number of ether oxygens (including phenoxy) is 1. The first-order chi connectivity index (χ1) is 12.3. The fourth-order valence-electron chi connectivity index (χ4n) is 3.38. The highest BCUT2D eigenvalue weighted by Crippen LogP contribution is 2.29. The molecule has 0 spiro atoms. The number of benzene rings is 2. The van der Waals surface area contributed by atoms with Crippen molar-refractivity contribution in [2.24, 2.45) is 0 Å². The van der Waals surface area contributed by atoms with Crippen molar-refractivity contribution in [1.82, 2.24) is 4.90 Å². The number of halogens is 2. The number of nitrogens with zero attached hydrogens (tertiary/aromatic N) is 1. The molecule has 26 heavy (non-hydrogen) atoms. The Morgan fingerprint density at radius 3 is 2.23 bits per heavy atom. The van der Waals surface area contributed by atoms with Crippen molar-refractivity contribution in [3.63, 3.8) is 0 Å². The summed E-state index contributed by atoms with van der Waals surface area (Å²) in [4.78, 5) is 14.9. The monoisotopic (exact) mass is 359 g/mol. The number of hydrogen-bond acceptors (Lipinski definition) is 2. The van der Waals surface area contributed by atoms with E-state index >= 15 is 0 Å². The summed E-state index contributed by atoms with van der Waals surface area (Å²) in [6.07, 6.45) is 1.44. The maximum absolute atomic E-state index is 13.2. The fourth-order valence-corrected chi connectivity index (χ4v) is 3.38. The quantitative estimate of drug-likeness (QED) is 0.801. The average Bonchev–Trinajstić information content (AvgIpc) is 2.60. The Bertz CT molecular complexity index is 757. The minimum absolute atomic E-state index is 0.00126. The first-order valence-corrected chi connectivity index (χ1v) is 8.79. The Labute approximate surface area is 152 Å². The van der Waals surface area contributed by atoms with Gasteiger partial charge in [0.05, 0.1) is 5.60 Å². The van der Waals surface area contributed by atoms with E-state index in [4.69, 9.17) is 4.74 Å². The van der Waals surface area contributed by atoms with Crippen LogP contribution in [0.2, 0.25) is 0 Å². The van der Waals surface area contributed by atoms with Crippen LogP contribution in [0, 0.1) is 11.6 Å². The van der Waals surface area contributed by atoms with E-state index in [-0.39, 0.29) is 29.2 Å². The van der Waals surface area contributed by atoms with E-state index in [0.29, 0.717) is 25.1 Å². The predicted molar refractivity (Wildman–Crippen MR) is 95.7 cm³/mol. The van der Waals surface area contributed by atoms with Crippen LogP contribution in [0.1, 0.15) is 42.6 Å². The SMILES string of the molecule is CC1(C)C[C@@H](N(Cc2ccc(F)cc2)C(=O)c2ccc(F)cc2)CCO1. The highest BCUT2D eigenvalue weighted by atomic mass is 19.1. The lowest BCUT2D eigenvalue weighted by molar-refractivity contribution is -0.0792. The minimum atomic E-state index is -0.376. The average molecular weight is 359 g/mol. The van der Waals surface area contributed by atoms with E-state index in [9.17, 15) is 13.6 Å². The Morgan fingerprint density at radius 2 is 1.65 bits per heavy atom. The summed E-state index contributed by atoms with van der Waals surface area (Å²) in [6.45, 7) is 4.97. The maximum Gasteiger partial charge on any atom is 0.254 e. The van der Waals surface area contributed by atoms with Gasteiger partial charge in [0.15, 0.2) is 0 Å². The molecule has 0 radical (unpaired) electrons. The van der Waals surface area contributed by atoms with Crippen molar-refractivity contribution >= 4 is 5.91 Å². The number of amides is 1. The second kappa shape index (κ2) is 7.54. The molecule has 2 aromatic rings. The Hall–Kier alpha value is -2.27. The van der Waals surface area contributed by atoms with Gasteiger partial charge in [0, 0.05) is 24.8 Å². The van der Waals surface area contributed by atoms with Gasteiger partial charge in [-0.25, -0.2) is 8.78 Å². The number of rotatable bonds is 4. The van der Waals surface area contributed by atoms with Crippen molar-refractivity contribution < 1.29 is 18.3 Å². The van der Waals surface area contributed by atoms with Crippen molar-refractivity contribution in [3.05, 3.63) is 71.3 Å². The lowest BCUT2D eigenvalue weighted by atomic mass is 9.92. The molecule has 1 aliphatic heterocycles. The number of carbonyl (C=O) groups is 1. The Morgan fingerprint density at radius 1 is 1.08 bits per heavy atom. The van der Waals surface area contributed by atoms with Gasteiger partial charge >= 0.3 is 0 Å². The van der Waals surface area contributed by atoms with Gasteiger partial charge in [-0.1, -0.05) is 12.1 Å². The molecule has 1 atom stereocenters. The van der Waals surface area contributed by atoms with Gasteiger partial charge in [0.25, 0.3) is 5.91 Å². The molecule has 0 aliphatic carbocycles. The van der Waals surface area contributed by atoms with Crippen LogP contribution in [-0.4, -0.2) is 29.1 Å². The summed E-state index contributed by atoms with van der Waals surface area (Å²) >= 11 is 0. The molecular formula is C21H23F2NO2. The molecule has 5 heteroatoms. The summed E-state index contributed by atoms with van der Waals surface area (Å²) in [5, 5.41) is 0. The first-order valence-electron chi connectivity index (χ1n) is 8.79. The topological polar surface area (TPSA) is 29.5 Å². The van der Waals surface area contributed by atoms with Crippen molar-refractivity contribution in [2.75, 3.05) is 6.61 Å². The molecule has 3 nitrogen and oxygen atoms in total. The molecular weight excluding hydrogens is 336 g/mol. The van der Waals surface area contributed by atoms with Crippen LogP contribution in [-0.2, 0) is 11.3 Å². The largest absolute Gasteiger partial charge is 0.375 e. The predicted octanol–water partition coefficient (Wildman–Crippen LogP) is 4.56. The normalized spacial score (nSPS) is 19.2. The third kappa shape index (κ3) is 4.47. The smallest absolute Gasteiger partial charge is 0.254 e. The van der Waals surface area contributed by atoms with E-state index in [0.717, 1.165) is 12.0 Å². The third-order valence-electron chi connectivity index (χ3n) is 4.73. The molecule has 1 heterocycles. The first kappa shape index (κ1) is 18.5. The van der Waals surface area contributed by atoms with Crippen molar-refractivity contribution in [1.29, 1.82) is 0 Å². The minimum Gasteiger partial charge on any atom is -0.375 e. The molecule has 3 rings (SSSR count). The van der Waals surface area contributed by atoms with Crippen LogP contribution in [0.5, 0.6) is 0 Å². The summed E-state index contributed by atoms with van der Waals surface area (Å²) in [5.74, 6) is -0.840. The van der Waals surface area contributed by atoms with Crippen LogP contribution in [0.3, 0.4) is 0 Å². The zero-order valence-corrected chi connectivity index (χ0v) is 15.0. The second-order valence-electron chi connectivity index (χ2n) is 7.32. The lowest BCUT2D eigenvalue weighted by Gasteiger charge is -2.41. The summed E-state index contributed by atoms with van der Waals surface area (Å²) < 4.78 is 32.2. The van der Waals surface area contributed by atoms with Crippen LogP contribution < -0.4 is 0 Å². The van der Waals surface area contributed by atoms with E-state index in [1.165, 1.54) is 36.4 Å².